The summed E-state index contributed by atoms with van der Waals surface area (Å²) in [6, 6.07) is 8.91. The Morgan fingerprint density at radius 3 is 2.56 bits per heavy atom. The molecule has 2 aromatic rings. The van der Waals surface area contributed by atoms with Gasteiger partial charge in [0, 0.05) is 0 Å². The normalized spacial score (nSPS) is 12.7. The molecule has 3 heteroatoms. The van der Waals surface area contributed by atoms with Crippen LogP contribution in [0.1, 0.15) is 42.1 Å². The minimum atomic E-state index is 0.00576. The molecule has 1 atom stereocenters. The van der Waals surface area contributed by atoms with Crippen molar-refractivity contribution < 1.29 is 0 Å². The summed E-state index contributed by atoms with van der Waals surface area (Å²) < 4.78 is 1.29. The number of thiophene rings is 1. The monoisotopic (exact) mass is 371 g/mol. The van der Waals surface area contributed by atoms with Gasteiger partial charge < -0.3 is 5.73 Å². The van der Waals surface area contributed by atoms with Gasteiger partial charge in [-0.2, -0.15) is 0 Å². The Morgan fingerprint density at radius 1 is 1.22 bits per heavy atom. The number of nitrogens with two attached hydrogens (primary N) is 1. The maximum Gasteiger partial charge on any atom is 0.0656 e. The zero-order valence-electron chi connectivity index (χ0n) is 10.7. The molecule has 1 aromatic carbocycles. The molecule has 96 valence electrons. The molecule has 1 nitrogen and oxygen atoms in total. The van der Waals surface area contributed by atoms with Crippen LogP contribution in [0, 0.1) is 2.88 Å². The van der Waals surface area contributed by atoms with Crippen molar-refractivity contribution in [2.75, 3.05) is 0 Å². The van der Waals surface area contributed by atoms with Gasteiger partial charge in [-0.1, -0.05) is 32.0 Å². The lowest BCUT2D eigenvalue weighted by Crippen LogP contribution is -2.13. The van der Waals surface area contributed by atoms with Crippen molar-refractivity contribution in [1.29, 1.82) is 0 Å². The first-order valence-corrected chi connectivity index (χ1v) is 8.22. The van der Waals surface area contributed by atoms with E-state index in [1.54, 1.807) is 11.3 Å². The maximum absolute atomic E-state index is 6.43. The Labute approximate surface area is 127 Å². The third-order valence-corrected chi connectivity index (χ3v) is 5.09. The highest BCUT2D eigenvalue weighted by molar-refractivity contribution is 14.1. The summed E-state index contributed by atoms with van der Waals surface area (Å²) in [4.78, 5) is 0. The maximum atomic E-state index is 6.43. The largest absolute Gasteiger partial charge is 0.320 e. The molecule has 0 radical (unpaired) electrons. The molecule has 0 aliphatic heterocycles. The van der Waals surface area contributed by atoms with Crippen molar-refractivity contribution in [3.05, 3.63) is 54.8 Å². The molecule has 0 bridgehead atoms. The zero-order valence-corrected chi connectivity index (χ0v) is 13.7. The van der Waals surface area contributed by atoms with Crippen molar-refractivity contribution in [1.82, 2.24) is 0 Å². The van der Waals surface area contributed by atoms with Crippen LogP contribution in [0.25, 0.3) is 0 Å². The van der Waals surface area contributed by atoms with Gasteiger partial charge in [0.1, 0.15) is 0 Å². The summed E-state index contributed by atoms with van der Waals surface area (Å²) in [5.41, 5.74) is 11.7. The number of hydrogen-bond donors (Lipinski definition) is 1. The predicted octanol–water partition coefficient (Wildman–Crippen LogP) is 4.53. The minimum absolute atomic E-state index is 0.00576. The molecule has 0 saturated heterocycles. The molecule has 0 spiro atoms. The molecule has 0 fully saturated rings. The van der Waals surface area contributed by atoms with E-state index in [9.17, 15) is 0 Å². The molecular weight excluding hydrogens is 353 g/mol. The van der Waals surface area contributed by atoms with Gasteiger partial charge in [-0.05, 0) is 69.1 Å². The van der Waals surface area contributed by atoms with Crippen molar-refractivity contribution in [3.63, 3.8) is 0 Å². The van der Waals surface area contributed by atoms with Crippen LogP contribution in [0.5, 0.6) is 0 Å². The highest BCUT2D eigenvalue weighted by Crippen LogP contribution is 2.28. The molecule has 2 rings (SSSR count). The zero-order chi connectivity index (χ0) is 13.1. The summed E-state index contributed by atoms with van der Waals surface area (Å²) in [6.07, 6.45) is 2.10. The van der Waals surface area contributed by atoms with E-state index in [1.807, 2.05) is 0 Å². The van der Waals surface area contributed by atoms with Gasteiger partial charge in [0.15, 0.2) is 0 Å². The Hall–Kier alpha value is -0.390. The van der Waals surface area contributed by atoms with Gasteiger partial charge in [0.2, 0.25) is 0 Å². The van der Waals surface area contributed by atoms with E-state index in [1.165, 1.54) is 25.1 Å². The lowest BCUT2D eigenvalue weighted by molar-refractivity contribution is 0.849. The summed E-state index contributed by atoms with van der Waals surface area (Å²) in [5.74, 6) is 0. The molecule has 0 amide bonds. The van der Waals surface area contributed by atoms with Crippen molar-refractivity contribution >= 4 is 33.9 Å². The number of halogens is 1. The van der Waals surface area contributed by atoms with E-state index in [0.717, 1.165) is 12.8 Å². The summed E-state index contributed by atoms with van der Waals surface area (Å²) in [7, 11) is 0. The quantitative estimate of drug-likeness (QED) is 0.786. The average Bonchev–Trinajstić information content (AvgIpc) is 2.83. The second-order valence-corrected chi connectivity index (χ2v) is 7.21. The summed E-state index contributed by atoms with van der Waals surface area (Å²) >= 11 is 4.11. The Morgan fingerprint density at radius 2 is 2.00 bits per heavy atom. The average molecular weight is 371 g/mol. The first kappa shape index (κ1) is 14.0. The topological polar surface area (TPSA) is 26.0 Å². The molecule has 1 unspecified atom stereocenters. The first-order chi connectivity index (χ1) is 8.65. The molecule has 0 aliphatic rings. The number of rotatable bonds is 4. The van der Waals surface area contributed by atoms with E-state index < -0.39 is 0 Å². The van der Waals surface area contributed by atoms with Crippen LogP contribution in [0.15, 0.2) is 29.6 Å². The fraction of sp³-hybridized carbons (Fsp3) is 0.333. The first-order valence-electron chi connectivity index (χ1n) is 6.26. The van der Waals surface area contributed by atoms with Crippen molar-refractivity contribution in [2.24, 2.45) is 5.73 Å². The van der Waals surface area contributed by atoms with E-state index in [0.29, 0.717) is 0 Å². The van der Waals surface area contributed by atoms with Crippen molar-refractivity contribution in [3.8, 4) is 0 Å². The minimum Gasteiger partial charge on any atom is -0.320 e. The van der Waals surface area contributed by atoms with Gasteiger partial charge in [-0.3, -0.25) is 0 Å². The van der Waals surface area contributed by atoms with E-state index in [-0.39, 0.29) is 6.04 Å². The fourth-order valence-corrected chi connectivity index (χ4v) is 3.55. The van der Waals surface area contributed by atoms with E-state index in [4.69, 9.17) is 5.73 Å². The lowest BCUT2D eigenvalue weighted by Gasteiger charge is -2.16. The molecule has 0 saturated carbocycles. The third-order valence-electron chi connectivity index (χ3n) is 3.28. The van der Waals surface area contributed by atoms with Crippen LogP contribution in [-0.2, 0) is 12.8 Å². The fourth-order valence-electron chi connectivity index (χ4n) is 2.14. The van der Waals surface area contributed by atoms with Gasteiger partial charge in [0.25, 0.3) is 0 Å². The summed E-state index contributed by atoms with van der Waals surface area (Å²) in [6.45, 7) is 4.37. The van der Waals surface area contributed by atoms with Crippen LogP contribution in [0.2, 0.25) is 0 Å². The van der Waals surface area contributed by atoms with Crippen LogP contribution < -0.4 is 5.73 Å². The lowest BCUT2D eigenvalue weighted by atomic mass is 9.93. The molecule has 2 N–H and O–H groups in total. The Balaban J connectivity index is 2.41. The Bertz CT molecular complexity index is 533. The highest BCUT2D eigenvalue weighted by atomic mass is 127. The standard InChI is InChI=1S/C15H18INS/c1-3-10-5-6-11(4-2)13(7-10)15(17)12-8-14(16)18-9-12/h5-9,15H,3-4,17H2,1-2H3. The van der Waals surface area contributed by atoms with Crippen LogP contribution >= 0.6 is 33.9 Å². The van der Waals surface area contributed by atoms with Crippen LogP contribution in [0.4, 0.5) is 0 Å². The Kier molecular flexibility index (Phi) is 4.81. The number of benzene rings is 1. The van der Waals surface area contributed by atoms with Gasteiger partial charge >= 0.3 is 0 Å². The van der Waals surface area contributed by atoms with E-state index >= 15 is 0 Å². The smallest absolute Gasteiger partial charge is 0.0656 e. The van der Waals surface area contributed by atoms with E-state index in [2.05, 4.69) is 66.1 Å². The SMILES string of the molecule is CCc1ccc(CC)c(C(N)c2csc(I)c2)c1. The second-order valence-electron chi connectivity index (χ2n) is 4.40. The highest BCUT2D eigenvalue weighted by Gasteiger charge is 2.14. The van der Waals surface area contributed by atoms with Crippen LogP contribution in [0.3, 0.4) is 0 Å². The third kappa shape index (κ3) is 2.95. The van der Waals surface area contributed by atoms with Gasteiger partial charge in [0.05, 0.1) is 8.93 Å². The summed E-state index contributed by atoms with van der Waals surface area (Å²) in [5, 5.41) is 2.17. The second kappa shape index (κ2) is 6.17. The van der Waals surface area contributed by atoms with Crippen LogP contribution in [-0.4, -0.2) is 0 Å². The predicted molar refractivity (Wildman–Crippen MR) is 88.3 cm³/mol. The van der Waals surface area contributed by atoms with Crippen molar-refractivity contribution in [2.45, 2.75) is 32.7 Å². The van der Waals surface area contributed by atoms with Gasteiger partial charge in [-0.25, -0.2) is 0 Å². The van der Waals surface area contributed by atoms with Gasteiger partial charge in [-0.15, -0.1) is 11.3 Å². The molecular formula is C15H18INS. The number of hydrogen-bond acceptors (Lipinski definition) is 2. The molecule has 0 aliphatic carbocycles. The number of aryl methyl sites for hydroxylation is 2. The molecule has 1 aromatic heterocycles. The molecule has 1 heterocycles. The molecule has 18 heavy (non-hydrogen) atoms.